The summed E-state index contributed by atoms with van der Waals surface area (Å²) in [4.78, 5) is 21.4. The zero-order valence-electron chi connectivity index (χ0n) is 19.2. The number of hydrogen-bond donors (Lipinski definition) is 3. The molecule has 1 saturated heterocycles. The Morgan fingerprint density at radius 1 is 1.20 bits per heavy atom. The number of hydrogen-bond acceptors (Lipinski definition) is 6. The lowest BCUT2D eigenvalue weighted by Crippen LogP contribution is -2.36. The third kappa shape index (κ3) is 4.28. The topological polar surface area (TPSA) is 92.6 Å². The van der Waals surface area contributed by atoms with Gasteiger partial charge in [-0.25, -0.2) is 14.4 Å². The third-order valence-electron chi connectivity index (χ3n) is 6.10. The SMILES string of the molecule is COc1ccc(-c2cnc3c(Nc4ccc(C(=O)N[C@H]5CCNC5)c(C)c4)nccn23)c(F)c1F. The number of ether oxygens (including phenoxy) is 1. The molecule has 10 heteroatoms. The smallest absolute Gasteiger partial charge is 0.251 e. The molecule has 1 amide bonds. The van der Waals surface area contributed by atoms with Crippen molar-refractivity contribution >= 4 is 23.1 Å². The number of amides is 1. The van der Waals surface area contributed by atoms with Gasteiger partial charge in [-0.05, 0) is 55.8 Å². The van der Waals surface area contributed by atoms with Gasteiger partial charge in [0.1, 0.15) is 0 Å². The van der Waals surface area contributed by atoms with Crippen LogP contribution < -0.4 is 20.7 Å². The molecule has 3 heterocycles. The first-order valence-corrected chi connectivity index (χ1v) is 11.2. The normalized spacial score (nSPS) is 15.4. The molecule has 1 aliphatic heterocycles. The lowest BCUT2D eigenvalue weighted by molar-refractivity contribution is 0.0939. The van der Waals surface area contributed by atoms with Gasteiger partial charge in [0.15, 0.2) is 23.0 Å². The number of aromatic nitrogens is 3. The molecule has 8 nitrogen and oxygen atoms in total. The molecule has 1 aliphatic rings. The van der Waals surface area contributed by atoms with Gasteiger partial charge in [-0.3, -0.25) is 9.20 Å². The highest BCUT2D eigenvalue weighted by Gasteiger charge is 2.20. The molecule has 0 aliphatic carbocycles. The van der Waals surface area contributed by atoms with Crippen molar-refractivity contribution in [1.82, 2.24) is 25.0 Å². The molecule has 0 saturated carbocycles. The quantitative estimate of drug-likeness (QED) is 0.390. The maximum atomic E-state index is 14.7. The summed E-state index contributed by atoms with van der Waals surface area (Å²) in [6.07, 6.45) is 5.55. The van der Waals surface area contributed by atoms with Gasteiger partial charge in [-0.2, -0.15) is 4.39 Å². The van der Waals surface area contributed by atoms with E-state index in [9.17, 15) is 13.6 Å². The molecule has 0 radical (unpaired) electrons. The molecule has 2 aromatic heterocycles. The number of nitrogens with one attached hydrogen (secondary N) is 3. The van der Waals surface area contributed by atoms with Crippen LogP contribution in [0.3, 0.4) is 0 Å². The monoisotopic (exact) mass is 478 g/mol. The van der Waals surface area contributed by atoms with Gasteiger partial charge >= 0.3 is 0 Å². The summed E-state index contributed by atoms with van der Waals surface area (Å²) in [5.74, 6) is -1.92. The summed E-state index contributed by atoms with van der Waals surface area (Å²) in [5, 5.41) is 9.50. The predicted molar refractivity (Wildman–Crippen MR) is 128 cm³/mol. The summed E-state index contributed by atoms with van der Waals surface area (Å²) in [5.41, 5.74) is 2.99. The Labute approximate surface area is 200 Å². The maximum absolute atomic E-state index is 14.7. The number of nitrogens with zero attached hydrogens (tertiary/aromatic N) is 3. The van der Waals surface area contributed by atoms with Crippen molar-refractivity contribution in [2.75, 3.05) is 25.5 Å². The van der Waals surface area contributed by atoms with Gasteiger partial charge < -0.3 is 20.7 Å². The second kappa shape index (κ2) is 9.30. The van der Waals surface area contributed by atoms with E-state index < -0.39 is 11.6 Å². The van der Waals surface area contributed by atoms with Gasteiger partial charge in [0.05, 0.1) is 19.0 Å². The van der Waals surface area contributed by atoms with Crippen LogP contribution >= 0.6 is 0 Å². The van der Waals surface area contributed by atoms with Crippen molar-refractivity contribution in [2.24, 2.45) is 0 Å². The van der Waals surface area contributed by atoms with Crippen LogP contribution in [0.15, 0.2) is 48.9 Å². The number of rotatable bonds is 6. The van der Waals surface area contributed by atoms with Crippen molar-refractivity contribution in [2.45, 2.75) is 19.4 Å². The van der Waals surface area contributed by atoms with Crippen molar-refractivity contribution in [3.63, 3.8) is 0 Å². The van der Waals surface area contributed by atoms with E-state index in [1.807, 2.05) is 13.0 Å². The van der Waals surface area contributed by atoms with Crippen LogP contribution in [0.25, 0.3) is 16.9 Å². The highest BCUT2D eigenvalue weighted by Crippen LogP contribution is 2.31. The fraction of sp³-hybridized carbons (Fsp3) is 0.240. The lowest BCUT2D eigenvalue weighted by atomic mass is 10.1. The van der Waals surface area contributed by atoms with Crippen molar-refractivity contribution in [1.29, 1.82) is 0 Å². The average Bonchev–Trinajstić information content (AvgIpc) is 3.51. The first kappa shape index (κ1) is 22.7. The highest BCUT2D eigenvalue weighted by atomic mass is 19.2. The van der Waals surface area contributed by atoms with Gasteiger partial charge in [-0.1, -0.05) is 0 Å². The van der Waals surface area contributed by atoms with E-state index in [2.05, 4.69) is 25.9 Å². The lowest BCUT2D eigenvalue weighted by Gasteiger charge is -2.14. The average molecular weight is 479 g/mol. The van der Waals surface area contributed by atoms with Crippen LogP contribution in [0.4, 0.5) is 20.3 Å². The zero-order chi connectivity index (χ0) is 24.5. The Kier molecular flexibility index (Phi) is 6.04. The minimum absolute atomic E-state index is 0.0524. The third-order valence-corrected chi connectivity index (χ3v) is 6.10. The van der Waals surface area contributed by atoms with E-state index in [1.165, 1.54) is 25.4 Å². The molecular weight excluding hydrogens is 454 g/mol. The summed E-state index contributed by atoms with van der Waals surface area (Å²) < 4.78 is 35.5. The number of anilines is 2. The second-order valence-corrected chi connectivity index (χ2v) is 8.37. The Hall–Kier alpha value is -4.05. The number of aryl methyl sites for hydroxylation is 1. The molecule has 1 fully saturated rings. The first-order chi connectivity index (χ1) is 17.0. The highest BCUT2D eigenvalue weighted by molar-refractivity contribution is 5.96. The standard InChI is InChI=1S/C25H24F2N6O2/c1-14-11-15(3-4-17(14)25(34)32-16-7-8-28-12-16)31-23-24-30-13-19(33(24)10-9-29-23)18-5-6-20(35-2)22(27)21(18)26/h3-6,9-11,13,16,28H,7-8,12H2,1-2H3,(H,29,31)(H,32,34)/t16-/m0/s1. The number of halogens is 2. The Morgan fingerprint density at radius 2 is 2.06 bits per heavy atom. The fourth-order valence-corrected chi connectivity index (χ4v) is 4.27. The molecule has 2 aromatic carbocycles. The van der Waals surface area contributed by atoms with Crippen LogP contribution in [0.1, 0.15) is 22.3 Å². The number of fused-ring (bicyclic) bond motifs is 1. The first-order valence-electron chi connectivity index (χ1n) is 11.2. The molecule has 1 atom stereocenters. The minimum Gasteiger partial charge on any atom is -0.494 e. The van der Waals surface area contributed by atoms with E-state index in [-0.39, 0.29) is 23.3 Å². The Morgan fingerprint density at radius 3 is 2.80 bits per heavy atom. The zero-order valence-corrected chi connectivity index (χ0v) is 19.2. The molecule has 0 spiro atoms. The van der Waals surface area contributed by atoms with Crippen LogP contribution in [0, 0.1) is 18.6 Å². The second-order valence-electron chi connectivity index (χ2n) is 8.37. The number of methoxy groups -OCH3 is 1. The molecule has 4 aromatic rings. The summed E-state index contributed by atoms with van der Waals surface area (Å²) in [6, 6.07) is 8.38. The molecule has 0 unspecified atom stereocenters. The minimum atomic E-state index is -1.06. The van der Waals surface area contributed by atoms with Gasteiger partial charge in [-0.15, -0.1) is 0 Å². The number of imidazole rings is 1. The van der Waals surface area contributed by atoms with Crippen LogP contribution in [0.5, 0.6) is 5.75 Å². The molecule has 0 bridgehead atoms. The number of carbonyl (C=O) groups excluding carboxylic acids is 1. The van der Waals surface area contributed by atoms with Crippen LogP contribution in [-0.2, 0) is 0 Å². The predicted octanol–water partition coefficient (Wildman–Crippen LogP) is 3.83. The summed E-state index contributed by atoms with van der Waals surface area (Å²) >= 11 is 0. The van der Waals surface area contributed by atoms with Crippen LogP contribution in [-0.4, -0.2) is 46.5 Å². The summed E-state index contributed by atoms with van der Waals surface area (Å²) in [6.45, 7) is 3.55. The van der Waals surface area contributed by atoms with Gasteiger partial charge in [0.2, 0.25) is 5.82 Å². The van der Waals surface area contributed by atoms with Crippen molar-refractivity contribution in [3.05, 3.63) is 71.7 Å². The molecular formula is C25H24F2N6O2. The van der Waals surface area contributed by atoms with E-state index in [1.54, 1.807) is 28.9 Å². The molecule has 35 heavy (non-hydrogen) atoms. The Bertz CT molecular complexity index is 1410. The van der Waals surface area contributed by atoms with E-state index in [4.69, 9.17) is 4.74 Å². The fourth-order valence-electron chi connectivity index (χ4n) is 4.27. The van der Waals surface area contributed by atoms with Gasteiger partial charge in [0, 0.05) is 41.8 Å². The summed E-state index contributed by atoms with van der Waals surface area (Å²) in [7, 11) is 1.28. The number of benzene rings is 2. The van der Waals surface area contributed by atoms with Crippen molar-refractivity contribution < 1.29 is 18.3 Å². The number of carbonyl (C=O) groups is 1. The maximum Gasteiger partial charge on any atom is 0.251 e. The molecule has 180 valence electrons. The van der Waals surface area contributed by atoms with Crippen LogP contribution in [0.2, 0.25) is 0 Å². The Balaban J connectivity index is 1.42. The van der Waals surface area contributed by atoms with E-state index in [0.717, 1.165) is 25.1 Å². The van der Waals surface area contributed by atoms with E-state index in [0.29, 0.717) is 28.4 Å². The van der Waals surface area contributed by atoms with E-state index >= 15 is 0 Å². The molecule has 3 N–H and O–H groups in total. The van der Waals surface area contributed by atoms with Gasteiger partial charge in [0.25, 0.3) is 5.91 Å². The largest absolute Gasteiger partial charge is 0.494 e. The molecule has 5 rings (SSSR count). The van der Waals surface area contributed by atoms with Crippen molar-refractivity contribution in [3.8, 4) is 17.0 Å².